The van der Waals surface area contributed by atoms with Crippen molar-refractivity contribution in [3.63, 3.8) is 0 Å². The van der Waals surface area contributed by atoms with Crippen molar-refractivity contribution in [1.82, 2.24) is 10.2 Å². The Kier molecular flexibility index (Phi) is 5.19. The molecular weight excluding hydrogens is 280 g/mol. The van der Waals surface area contributed by atoms with E-state index in [1.54, 1.807) is 0 Å². The van der Waals surface area contributed by atoms with Gasteiger partial charge in [0.2, 0.25) is 5.91 Å². The van der Waals surface area contributed by atoms with Crippen LogP contribution in [0.4, 0.5) is 0 Å². The molecular formula is C17H24N2O3. The van der Waals surface area contributed by atoms with Gasteiger partial charge in [0, 0.05) is 12.5 Å². The summed E-state index contributed by atoms with van der Waals surface area (Å²) >= 11 is 0. The molecule has 0 spiro atoms. The SMILES string of the molecule is CC(C)(NC(=O)C1CCN(Cc2ccccc2)CC1)C(=O)O. The number of carboxylic acids is 1. The summed E-state index contributed by atoms with van der Waals surface area (Å²) in [5, 5.41) is 11.7. The summed E-state index contributed by atoms with van der Waals surface area (Å²) in [5.41, 5.74) is 0.0653. The van der Waals surface area contributed by atoms with Crippen molar-refractivity contribution in [1.29, 1.82) is 0 Å². The minimum atomic E-state index is -1.21. The van der Waals surface area contributed by atoms with Crippen LogP contribution in [-0.2, 0) is 16.1 Å². The molecule has 22 heavy (non-hydrogen) atoms. The third-order valence-corrected chi connectivity index (χ3v) is 4.18. The maximum absolute atomic E-state index is 12.2. The molecule has 0 bridgehead atoms. The number of hydrogen-bond acceptors (Lipinski definition) is 3. The van der Waals surface area contributed by atoms with E-state index in [0.717, 1.165) is 32.5 Å². The highest BCUT2D eigenvalue weighted by molar-refractivity contribution is 5.87. The van der Waals surface area contributed by atoms with Crippen molar-refractivity contribution in [2.75, 3.05) is 13.1 Å². The van der Waals surface area contributed by atoms with Crippen molar-refractivity contribution < 1.29 is 14.7 Å². The van der Waals surface area contributed by atoms with Gasteiger partial charge in [-0.2, -0.15) is 0 Å². The fraction of sp³-hybridized carbons (Fsp3) is 0.529. The van der Waals surface area contributed by atoms with Crippen LogP contribution >= 0.6 is 0 Å². The average Bonchev–Trinajstić information content (AvgIpc) is 2.48. The number of piperidine rings is 1. The van der Waals surface area contributed by atoms with E-state index in [1.807, 2.05) is 18.2 Å². The summed E-state index contributed by atoms with van der Waals surface area (Å²) in [5.74, 6) is -1.25. The maximum Gasteiger partial charge on any atom is 0.328 e. The van der Waals surface area contributed by atoms with E-state index in [4.69, 9.17) is 5.11 Å². The zero-order valence-corrected chi connectivity index (χ0v) is 13.2. The summed E-state index contributed by atoms with van der Waals surface area (Å²) in [6.07, 6.45) is 1.54. The third-order valence-electron chi connectivity index (χ3n) is 4.18. The van der Waals surface area contributed by atoms with E-state index in [-0.39, 0.29) is 11.8 Å². The van der Waals surface area contributed by atoms with Crippen molar-refractivity contribution in [3.8, 4) is 0 Å². The van der Waals surface area contributed by atoms with Crippen molar-refractivity contribution in [3.05, 3.63) is 35.9 Å². The number of nitrogens with one attached hydrogen (secondary N) is 1. The molecule has 1 aliphatic rings. The molecule has 1 saturated heterocycles. The highest BCUT2D eigenvalue weighted by Crippen LogP contribution is 2.20. The van der Waals surface area contributed by atoms with Crippen LogP contribution < -0.4 is 5.32 Å². The lowest BCUT2D eigenvalue weighted by Crippen LogP contribution is -2.52. The Bertz CT molecular complexity index is 520. The number of aliphatic carboxylic acids is 1. The number of likely N-dealkylation sites (tertiary alicyclic amines) is 1. The van der Waals surface area contributed by atoms with Crippen LogP contribution in [0.15, 0.2) is 30.3 Å². The molecule has 0 saturated carbocycles. The Balaban J connectivity index is 1.82. The standard InChI is InChI=1S/C17H24N2O3/c1-17(2,16(21)22)18-15(20)14-8-10-19(11-9-14)12-13-6-4-3-5-7-13/h3-7,14H,8-12H2,1-2H3,(H,18,20)(H,21,22). The first-order valence-corrected chi connectivity index (χ1v) is 7.70. The van der Waals surface area contributed by atoms with Gasteiger partial charge in [0.1, 0.15) is 5.54 Å². The Labute approximate surface area is 131 Å². The zero-order chi connectivity index (χ0) is 16.2. The largest absolute Gasteiger partial charge is 0.480 e. The average molecular weight is 304 g/mol. The first-order valence-electron chi connectivity index (χ1n) is 7.70. The Morgan fingerprint density at radius 2 is 1.82 bits per heavy atom. The normalized spacial score (nSPS) is 17.2. The smallest absolute Gasteiger partial charge is 0.328 e. The van der Waals surface area contributed by atoms with E-state index in [2.05, 4.69) is 22.3 Å². The molecule has 1 heterocycles. The van der Waals surface area contributed by atoms with E-state index in [0.29, 0.717) is 0 Å². The Morgan fingerprint density at radius 1 is 1.23 bits per heavy atom. The fourth-order valence-corrected chi connectivity index (χ4v) is 2.66. The second kappa shape index (κ2) is 6.92. The Hall–Kier alpha value is -1.88. The Morgan fingerprint density at radius 3 is 2.36 bits per heavy atom. The van der Waals surface area contributed by atoms with E-state index >= 15 is 0 Å². The highest BCUT2D eigenvalue weighted by atomic mass is 16.4. The van der Waals surface area contributed by atoms with Crippen LogP contribution in [0.5, 0.6) is 0 Å². The zero-order valence-electron chi connectivity index (χ0n) is 13.2. The van der Waals surface area contributed by atoms with Gasteiger partial charge in [0.15, 0.2) is 0 Å². The van der Waals surface area contributed by atoms with Gasteiger partial charge in [0.25, 0.3) is 0 Å². The van der Waals surface area contributed by atoms with Crippen molar-refractivity contribution >= 4 is 11.9 Å². The molecule has 1 fully saturated rings. The molecule has 120 valence electrons. The molecule has 0 aliphatic carbocycles. The molecule has 5 heteroatoms. The third kappa shape index (κ3) is 4.31. The molecule has 1 aromatic rings. The van der Waals surface area contributed by atoms with Crippen LogP contribution in [0.3, 0.4) is 0 Å². The summed E-state index contributed by atoms with van der Waals surface area (Å²) in [4.78, 5) is 25.6. The molecule has 5 nitrogen and oxygen atoms in total. The van der Waals surface area contributed by atoms with E-state index in [9.17, 15) is 9.59 Å². The molecule has 0 unspecified atom stereocenters. The highest BCUT2D eigenvalue weighted by Gasteiger charge is 2.33. The molecule has 0 atom stereocenters. The van der Waals surface area contributed by atoms with Crippen LogP contribution in [0.1, 0.15) is 32.3 Å². The van der Waals surface area contributed by atoms with Crippen LogP contribution in [-0.4, -0.2) is 40.5 Å². The molecule has 1 aliphatic heterocycles. The van der Waals surface area contributed by atoms with Crippen LogP contribution in [0.2, 0.25) is 0 Å². The van der Waals surface area contributed by atoms with Gasteiger partial charge in [-0.25, -0.2) is 4.79 Å². The summed E-state index contributed by atoms with van der Waals surface area (Å²) in [7, 11) is 0. The molecule has 0 aromatic heterocycles. The van der Waals surface area contributed by atoms with Gasteiger partial charge >= 0.3 is 5.97 Å². The topological polar surface area (TPSA) is 69.6 Å². The summed E-state index contributed by atoms with van der Waals surface area (Å²) in [6, 6.07) is 10.3. The number of hydrogen-bond donors (Lipinski definition) is 2. The van der Waals surface area contributed by atoms with Gasteiger partial charge in [-0.1, -0.05) is 30.3 Å². The maximum atomic E-state index is 12.2. The quantitative estimate of drug-likeness (QED) is 0.871. The van der Waals surface area contributed by atoms with Gasteiger partial charge in [-0.05, 0) is 45.3 Å². The van der Waals surface area contributed by atoms with Crippen molar-refractivity contribution in [2.24, 2.45) is 5.92 Å². The molecule has 0 radical (unpaired) electrons. The van der Waals surface area contributed by atoms with Crippen molar-refractivity contribution in [2.45, 2.75) is 38.8 Å². The number of benzene rings is 1. The van der Waals surface area contributed by atoms with E-state index < -0.39 is 11.5 Å². The number of nitrogens with zero attached hydrogens (tertiary/aromatic N) is 1. The summed E-state index contributed by atoms with van der Waals surface area (Å²) in [6.45, 7) is 5.65. The number of amides is 1. The second-order valence-corrected chi connectivity index (χ2v) is 6.46. The number of carbonyl (C=O) groups excluding carboxylic acids is 1. The van der Waals surface area contributed by atoms with Crippen LogP contribution in [0, 0.1) is 5.92 Å². The second-order valence-electron chi connectivity index (χ2n) is 6.46. The molecule has 1 aromatic carbocycles. The predicted molar refractivity (Wildman–Crippen MR) is 84.3 cm³/mol. The predicted octanol–water partition coefficient (Wildman–Crippen LogP) is 1.88. The first-order chi connectivity index (χ1) is 10.4. The molecule has 2 N–H and O–H groups in total. The van der Waals surface area contributed by atoms with Gasteiger partial charge < -0.3 is 10.4 Å². The molecule has 2 rings (SSSR count). The monoisotopic (exact) mass is 304 g/mol. The molecule has 1 amide bonds. The number of carboxylic acid groups (broad SMARTS) is 1. The summed E-state index contributed by atoms with van der Waals surface area (Å²) < 4.78 is 0. The fourth-order valence-electron chi connectivity index (χ4n) is 2.66. The lowest BCUT2D eigenvalue weighted by molar-refractivity contribution is -0.147. The lowest BCUT2D eigenvalue weighted by atomic mass is 9.94. The lowest BCUT2D eigenvalue weighted by Gasteiger charge is -2.32. The number of carbonyl (C=O) groups is 2. The van der Waals surface area contributed by atoms with Gasteiger partial charge in [-0.15, -0.1) is 0 Å². The number of rotatable bonds is 5. The van der Waals surface area contributed by atoms with E-state index in [1.165, 1.54) is 19.4 Å². The first kappa shape index (κ1) is 16.5. The van der Waals surface area contributed by atoms with Gasteiger partial charge in [-0.3, -0.25) is 9.69 Å². The minimum absolute atomic E-state index is 0.0920. The minimum Gasteiger partial charge on any atom is -0.480 e. The van der Waals surface area contributed by atoms with Crippen LogP contribution in [0.25, 0.3) is 0 Å². The van der Waals surface area contributed by atoms with Gasteiger partial charge in [0.05, 0.1) is 0 Å².